The molecule has 4 rings (SSSR count). The third-order valence-corrected chi connectivity index (χ3v) is 8.64. The summed E-state index contributed by atoms with van der Waals surface area (Å²) in [4.78, 5) is 36.0. The Kier molecular flexibility index (Phi) is 4.67. The maximum absolute atomic E-state index is 12.8. The third kappa shape index (κ3) is 2.83. The van der Waals surface area contributed by atoms with Gasteiger partial charge in [-0.1, -0.05) is 25.5 Å². The van der Waals surface area contributed by atoms with E-state index in [0.29, 0.717) is 24.2 Å². The highest BCUT2D eigenvalue weighted by Gasteiger charge is 2.59. The van der Waals surface area contributed by atoms with Crippen LogP contribution < -0.4 is 0 Å². The van der Waals surface area contributed by atoms with Crippen LogP contribution in [-0.4, -0.2) is 24.1 Å². The quantitative estimate of drug-likeness (QED) is 0.675. The molecule has 28 heavy (non-hydrogen) atoms. The molecule has 0 aromatic heterocycles. The first kappa shape index (κ1) is 19.6. The molecule has 0 heterocycles. The highest BCUT2D eigenvalue weighted by molar-refractivity contribution is 5.92. The molecule has 6 atom stereocenters. The number of hydrogen-bond acceptors (Lipinski definition) is 4. The average molecular weight is 385 g/mol. The summed E-state index contributed by atoms with van der Waals surface area (Å²) in [7, 11) is 0. The molecule has 0 bridgehead atoms. The highest BCUT2D eigenvalue weighted by atomic mass is 16.5. The normalized spacial score (nSPS) is 41.9. The summed E-state index contributed by atoms with van der Waals surface area (Å²) in [5.41, 5.74) is 2.58. The van der Waals surface area contributed by atoms with Crippen molar-refractivity contribution >= 4 is 17.5 Å². The van der Waals surface area contributed by atoms with Crippen molar-refractivity contribution in [2.45, 2.75) is 66.2 Å². The van der Waals surface area contributed by atoms with Gasteiger partial charge in [0.05, 0.1) is 0 Å². The number of Topliss-reactive ketones (excluding diaryl/α,β-unsaturated/α-hetero) is 1. The molecule has 0 unspecified atom stereocenters. The zero-order chi connectivity index (χ0) is 20.3. The lowest BCUT2D eigenvalue weighted by Gasteiger charge is -2.56. The number of esters is 1. The van der Waals surface area contributed by atoms with Gasteiger partial charge in [0, 0.05) is 19.3 Å². The summed E-state index contributed by atoms with van der Waals surface area (Å²) < 4.78 is 5.02. The Labute approximate surface area is 167 Å². The number of carbonyl (C=O) groups is 3. The number of rotatable bonds is 3. The monoisotopic (exact) mass is 384 g/mol. The van der Waals surface area contributed by atoms with E-state index < -0.39 is 0 Å². The van der Waals surface area contributed by atoms with Gasteiger partial charge in [0.1, 0.15) is 6.61 Å². The molecule has 0 spiro atoms. The van der Waals surface area contributed by atoms with Crippen LogP contribution in [0.1, 0.15) is 66.2 Å². The van der Waals surface area contributed by atoms with Gasteiger partial charge in [0.2, 0.25) is 0 Å². The van der Waals surface area contributed by atoms with Gasteiger partial charge in [-0.05, 0) is 79.3 Å². The predicted octanol–water partition coefficient (Wildman–Crippen LogP) is 4.43. The molecule has 0 aliphatic heterocycles. The van der Waals surface area contributed by atoms with E-state index in [1.807, 2.05) is 6.08 Å². The fourth-order valence-corrected chi connectivity index (χ4v) is 7.22. The fourth-order valence-electron chi connectivity index (χ4n) is 7.22. The summed E-state index contributed by atoms with van der Waals surface area (Å²) in [5, 5.41) is 0. The standard InChI is InChI=1S/C24H32O4/c1-14-11-17-18-5-6-20(22(27)13-28-15(2)25)23(18,3)10-8-19(17)24(4)9-7-16(26)12-21(14)24/h11-12,17-20H,5-10,13H2,1-4H3/t17-,18-,19-,20+,23-,24+/m0/s1. The van der Waals surface area contributed by atoms with Gasteiger partial charge >= 0.3 is 5.97 Å². The second kappa shape index (κ2) is 6.67. The van der Waals surface area contributed by atoms with Gasteiger partial charge < -0.3 is 4.74 Å². The number of fused-ring (bicyclic) bond motifs is 5. The van der Waals surface area contributed by atoms with Gasteiger partial charge in [-0.15, -0.1) is 0 Å². The Bertz CT molecular complexity index is 790. The molecule has 152 valence electrons. The molecular weight excluding hydrogens is 352 g/mol. The first-order valence-corrected chi connectivity index (χ1v) is 10.8. The van der Waals surface area contributed by atoms with E-state index in [4.69, 9.17) is 4.74 Å². The number of ether oxygens (including phenoxy) is 1. The van der Waals surface area contributed by atoms with Gasteiger partial charge in [-0.3, -0.25) is 14.4 Å². The van der Waals surface area contributed by atoms with Crippen molar-refractivity contribution in [3.8, 4) is 0 Å². The Hall–Kier alpha value is -1.71. The van der Waals surface area contributed by atoms with Crippen LogP contribution in [0.25, 0.3) is 0 Å². The van der Waals surface area contributed by atoms with Crippen molar-refractivity contribution in [2.75, 3.05) is 6.61 Å². The summed E-state index contributed by atoms with van der Waals surface area (Å²) >= 11 is 0. The third-order valence-electron chi connectivity index (χ3n) is 8.64. The molecule has 4 aliphatic rings. The van der Waals surface area contributed by atoms with Crippen LogP contribution in [0.3, 0.4) is 0 Å². The first-order valence-electron chi connectivity index (χ1n) is 10.8. The molecule has 4 nitrogen and oxygen atoms in total. The highest BCUT2D eigenvalue weighted by Crippen LogP contribution is 2.66. The van der Waals surface area contributed by atoms with Crippen LogP contribution in [0, 0.1) is 34.5 Å². The van der Waals surface area contributed by atoms with Gasteiger partial charge in [-0.2, -0.15) is 0 Å². The molecule has 0 aromatic rings. The minimum Gasteiger partial charge on any atom is -0.458 e. The zero-order valence-corrected chi connectivity index (χ0v) is 17.5. The van der Waals surface area contributed by atoms with E-state index in [1.165, 1.54) is 18.1 Å². The smallest absolute Gasteiger partial charge is 0.303 e. The van der Waals surface area contributed by atoms with E-state index >= 15 is 0 Å². The number of allylic oxidation sites excluding steroid dienone is 4. The molecule has 0 aromatic carbocycles. The van der Waals surface area contributed by atoms with E-state index in [9.17, 15) is 14.4 Å². The second-order valence-corrected chi connectivity index (χ2v) is 10.0. The van der Waals surface area contributed by atoms with Crippen LogP contribution in [0.15, 0.2) is 23.3 Å². The van der Waals surface area contributed by atoms with Crippen LogP contribution >= 0.6 is 0 Å². The number of carbonyl (C=O) groups excluding carboxylic acids is 3. The first-order chi connectivity index (χ1) is 13.2. The van der Waals surface area contributed by atoms with Crippen LogP contribution in [0.5, 0.6) is 0 Å². The van der Waals surface area contributed by atoms with Crippen LogP contribution in [0.2, 0.25) is 0 Å². The molecule has 0 amide bonds. The van der Waals surface area contributed by atoms with Crippen molar-refractivity contribution in [2.24, 2.45) is 34.5 Å². The van der Waals surface area contributed by atoms with Gasteiger partial charge in [0.25, 0.3) is 0 Å². The van der Waals surface area contributed by atoms with Crippen molar-refractivity contribution < 1.29 is 19.1 Å². The molecule has 0 N–H and O–H groups in total. The number of hydrogen-bond donors (Lipinski definition) is 0. The maximum atomic E-state index is 12.8. The molecule has 2 saturated carbocycles. The lowest BCUT2D eigenvalue weighted by molar-refractivity contribution is -0.148. The maximum Gasteiger partial charge on any atom is 0.303 e. The predicted molar refractivity (Wildman–Crippen MR) is 106 cm³/mol. The minimum absolute atomic E-state index is 0.0100. The van der Waals surface area contributed by atoms with Crippen LogP contribution in [-0.2, 0) is 19.1 Å². The summed E-state index contributed by atoms with van der Waals surface area (Å²) in [6, 6.07) is 0. The molecular formula is C24H32O4. The lowest BCUT2D eigenvalue weighted by Crippen LogP contribution is -2.50. The lowest BCUT2D eigenvalue weighted by atomic mass is 9.47. The Morgan fingerprint density at radius 2 is 1.89 bits per heavy atom. The van der Waals surface area contributed by atoms with Crippen LogP contribution in [0.4, 0.5) is 0 Å². The Morgan fingerprint density at radius 1 is 1.14 bits per heavy atom. The molecule has 2 fully saturated rings. The van der Waals surface area contributed by atoms with E-state index in [2.05, 4.69) is 26.8 Å². The van der Waals surface area contributed by atoms with E-state index in [0.717, 1.165) is 32.1 Å². The molecule has 0 saturated heterocycles. The summed E-state index contributed by atoms with van der Waals surface area (Å²) in [6.45, 7) is 8.08. The van der Waals surface area contributed by atoms with Crippen molar-refractivity contribution in [3.63, 3.8) is 0 Å². The second-order valence-electron chi connectivity index (χ2n) is 10.0. The molecule has 0 radical (unpaired) electrons. The van der Waals surface area contributed by atoms with Crippen molar-refractivity contribution in [1.82, 2.24) is 0 Å². The SMILES string of the molecule is CC(=O)OCC(=O)[C@H]1CC[C@H]2[C@@H]3C=C(C)C4=CC(=O)CC[C@]4(C)[C@H]3CC[C@]12C. The Balaban J connectivity index is 1.64. The van der Waals surface area contributed by atoms with Crippen molar-refractivity contribution in [1.29, 1.82) is 0 Å². The van der Waals surface area contributed by atoms with E-state index in [-0.39, 0.29) is 40.9 Å². The Morgan fingerprint density at radius 3 is 2.61 bits per heavy atom. The van der Waals surface area contributed by atoms with Gasteiger partial charge in [0.15, 0.2) is 11.6 Å². The van der Waals surface area contributed by atoms with Crippen molar-refractivity contribution in [3.05, 3.63) is 23.3 Å². The molecule has 4 heteroatoms. The number of ketones is 2. The molecule has 4 aliphatic carbocycles. The van der Waals surface area contributed by atoms with Gasteiger partial charge in [-0.25, -0.2) is 0 Å². The fraction of sp³-hybridized carbons (Fsp3) is 0.708. The average Bonchev–Trinajstić information content (AvgIpc) is 2.99. The topological polar surface area (TPSA) is 60.4 Å². The summed E-state index contributed by atoms with van der Waals surface area (Å²) in [6.07, 6.45) is 10.0. The largest absolute Gasteiger partial charge is 0.458 e. The zero-order valence-electron chi connectivity index (χ0n) is 17.5. The summed E-state index contributed by atoms with van der Waals surface area (Å²) in [5.74, 6) is 1.47. The van der Waals surface area contributed by atoms with E-state index in [1.54, 1.807) is 0 Å². The minimum atomic E-state index is -0.387.